The minimum Gasteiger partial charge on any atom is -0.497 e. The number of rotatable bonds is 11. The Balaban J connectivity index is 1.47. The van der Waals surface area contributed by atoms with Crippen molar-refractivity contribution >= 4 is 27.0 Å². The summed E-state index contributed by atoms with van der Waals surface area (Å²) in [6, 6.07) is 12.1. The van der Waals surface area contributed by atoms with Crippen molar-refractivity contribution < 1.29 is 22.7 Å². The number of nitrogens with zero attached hydrogens (tertiary/aromatic N) is 3. The summed E-state index contributed by atoms with van der Waals surface area (Å²) in [6.07, 6.45) is 2.97. The van der Waals surface area contributed by atoms with E-state index in [9.17, 15) is 13.2 Å². The maximum atomic E-state index is 13.3. The number of methoxy groups -OCH3 is 2. The Morgan fingerprint density at radius 1 is 1.21 bits per heavy atom. The predicted octanol–water partition coefficient (Wildman–Crippen LogP) is 2.39. The summed E-state index contributed by atoms with van der Waals surface area (Å²) < 4.78 is 36.9. The Kier molecular flexibility index (Phi) is 9.03. The molecule has 0 bridgehead atoms. The van der Waals surface area contributed by atoms with E-state index >= 15 is 0 Å². The molecule has 1 aromatic heterocycles. The number of benzene rings is 2. The standard InChI is InChI=1S/C27H37N5O5S/c1-36-14-6-13-32-24-9-4-3-8-23(24)30-27(32)19-7-5-12-31(18-19)26(33)17-21(28)15-20-16-22(37-2)10-11-25(20)38(29,34)35/h3-4,8-11,16,19,21H,5-7,12-15,17-18,28H2,1-2H3,(H2,29,34,35)/t19-,21+/m1/s1. The Morgan fingerprint density at radius 2 is 2.00 bits per heavy atom. The van der Waals surface area contributed by atoms with E-state index in [4.69, 9.17) is 25.3 Å². The normalized spacial score (nSPS) is 17.1. The van der Waals surface area contributed by atoms with Gasteiger partial charge in [0, 0.05) is 51.7 Å². The first-order valence-corrected chi connectivity index (χ1v) is 14.4. The second-order valence-corrected chi connectivity index (χ2v) is 11.4. The van der Waals surface area contributed by atoms with E-state index in [-0.39, 0.29) is 29.6 Å². The zero-order valence-electron chi connectivity index (χ0n) is 22.0. The molecule has 10 nitrogen and oxygen atoms in total. The molecule has 1 amide bonds. The van der Waals surface area contributed by atoms with E-state index in [1.165, 1.54) is 19.2 Å². The molecule has 0 spiro atoms. The SMILES string of the molecule is COCCCn1c([C@@H]2CCCN(C(=O)C[C@@H](N)Cc3cc(OC)ccc3S(N)(=O)=O)C2)nc2ccccc21. The number of hydrogen-bond acceptors (Lipinski definition) is 7. The summed E-state index contributed by atoms with van der Waals surface area (Å²) in [6.45, 7) is 2.69. The van der Waals surface area contributed by atoms with Crippen LogP contribution in [-0.2, 0) is 32.5 Å². The van der Waals surface area contributed by atoms with E-state index in [0.29, 0.717) is 31.0 Å². The highest BCUT2D eigenvalue weighted by Gasteiger charge is 2.29. The molecule has 1 aliphatic heterocycles. The second kappa shape index (κ2) is 12.2. The number of fused-ring (bicyclic) bond motifs is 1. The van der Waals surface area contributed by atoms with Crippen LogP contribution < -0.4 is 15.6 Å². The number of carbonyl (C=O) groups is 1. The number of ether oxygens (including phenoxy) is 2. The molecule has 0 aliphatic carbocycles. The zero-order valence-corrected chi connectivity index (χ0v) is 22.8. The van der Waals surface area contributed by atoms with Crippen molar-refractivity contribution in [2.75, 3.05) is 33.9 Å². The van der Waals surface area contributed by atoms with Gasteiger partial charge in [-0.3, -0.25) is 4.79 Å². The molecule has 1 aliphatic rings. The molecule has 0 radical (unpaired) electrons. The van der Waals surface area contributed by atoms with Gasteiger partial charge in [0.15, 0.2) is 0 Å². The lowest BCUT2D eigenvalue weighted by Gasteiger charge is -2.33. The molecule has 1 fully saturated rings. The van der Waals surface area contributed by atoms with Crippen LogP contribution >= 0.6 is 0 Å². The molecule has 4 N–H and O–H groups in total. The molecule has 2 aromatic carbocycles. The molecule has 2 atom stereocenters. The molecule has 1 saturated heterocycles. The minimum absolute atomic E-state index is 0.00777. The zero-order chi connectivity index (χ0) is 27.3. The molecule has 2 heterocycles. The number of hydrogen-bond donors (Lipinski definition) is 2. The van der Waals surface area contributed by atoms with Crippen LogP contribution in [-0.4, -0.2) is 68.7 Å². The average molecular weight is 544 g/mol. The van der Waals surface area contributed by atoms with Crippen molar-refractivity contribution in [2.45, 2.75) is 55.5 Å². The van der Waals surface area contributed by atoms with Crippen molar-refractivity contribution in [1.82, 2.24) is 14.5 Å². The Morgan fingerprint density at radius 3 is 2.74 bits per heavy atom. The minimum atomic E-state index is -3.94. The number of piperidine rings is 1. The number of nitrogens with two attached hydrogens (primary N) is 2. The van der Waals surface area contributed by atoms with Crippen LogP contribution in [0.15, 0.2) is 47.4 Å². The average Bonchev–Trinajstić information content (AvgIpc) is 3.26. The molecule has 206 valence electrons. The number of carbonyl (C=O) groups excluding carboxylic acids is 1. The van der Waals surface area contributed by atoms with Crippen molar-refractivity contribution in [3.8, 4) is 5.75 Å². The van der Waals surface area contributed by atoms with Gasteiger partial charge in [0.25, 0.3) is 0 Å². The third kappa shape index (κ3) is 6.52. The Labute approximate surface area is 224 Å². The maximum absolute atomic E-state index is 13.3. The fourth-order valence-electron chi connectivity index (χ4n) is 5.25. The molecule has 4 rings (SSSR count). The number of aryl methyl sites for hydroxylation is 1. The van der Waals surface area contributed by atoms with Gasteiger partial charge in [-0.05, 0) is 61.6 Å². The Bertz CT molecular complexity index is 1370. The number of aromatic nitrogens is 2. The third-order valence-corrected chi connectivity index (χ3v) is 8.06. The van der Waals surface area contributed by atoms with Crippen molar-refractivity contribution in [1.29, 1.82) is 0 Å². The number of primary sulfonamides is 1. The van der Waals surface area contributed by atoms with Gasteiger partial charge >= 0.3 is 0 Å². The molecule has 38 heavy (non-hydrogen) atoms. The number of likely N-dealkylation sites (tertiary alicyclic amines) is 1. The fraction of sp³-hybridized carbons (Fsp3) is 0.481. The van der Waals surface area contributed by atoms with Crippen molar-refractivity contribution in [3.05, 3.63) is 53.9 Å². The quantitative estimate of drug-likeness (QED) is 0.354. The van der Waals surface area contributed by atoms with Gasteiger partial charge in [-0.1, -0.05) is 12.1 Å². The van der Waals surface area contributed by atoms with E-state index in [0.717, 1.165) is 42.7 Å². The number of amides is 1. The first kappa shape index (κ1) is 28.0. The summed E-state index contributed by atoms with van der Waals surface area (Å²) in [5, 5.41) is 5.39. The number of para-hydroxylation sites is 2. The Hall–Kier alpha value is -2.99. The van der Waals surface area contributed by atoms with E-state index in [1.807, 2.05) is 23.1 Å². The lowest BCUT2D eigenvalue weighted by atomic mass is 9.96. The second-order valence-electron chi connectivity index (χ2n) is 9.82. The van der Waals surface area contributed by atoms with Gasteiger partial charge in [-0.15, -0.1) is 0 Å². The highest BCUT2D eigenvalue weighted by atomic mass is 32.2. The highest BCUT2D eigenvalue weighted by molar-refractivity contribution is 7.89. The summed E-state index contributed by atoms with van der Waals surface area (Å²) in [5.41, 5.74) is 8.84. The summed E-state index contributed by atoms with van der Waals surface area (Å²) in [4.78, 5) is 20.1. The van der Waals surface area contributed by atoms with E-state index in [2.05, 4.69) is 10.6 Å². The third-order valence-electron chi connectivity index (χ3n) is 7.05. The van der Waals surface area contributed by atoms with Crippen LogP contribution in [0.3, 0.4) is 0 Å². The van der Waals surface area contributed by atoms with Gasteiger partial charge < -0.3 is 24.7 Å². The summed E-state index contributed by atoms with van der Waals surface area (Å²) in [5.74, 6) is 1.56. The molecular formula is C27H37N5O5S. The monoisotopic (exact) mass is 543 g/mol. The van der Waals surface area contributed by atoms with Crippen molar-refractivity contribution in [3.63, 3.8) is 0 Å². The van der Waals surface area contributed by atoms with Crippen LogP contribution in [0.4, 0.5) is 0 Å². The van der Waals surface area contributed by atoms with Gasteiger partial charge in [0.1, 0.15) is 11.6 Å². The topological polar surface area (TPSA) is 143 Å². The fourth-order valence-corrected chi connectivity index (χ4v) is 6.02. The predicted molar refractivity (Wildman–Crippen MR) is 145 cm³/mol. The van der Waals surface area contributed by atoms with E-state index < -0.39 is 16.1 Å². The summed E-state index contributed by atoms with van der Waals surface area (Å²) in [7, 11) is -0.740. The van der Waals surface area contributed by atoms with Gasteiger partial charge in [-0.25, -0.2) is 18.5 Å². The van der Waals surface area contributed by atoms with E-state index in [1.54, 1.807) is 13.2 Å². The van der Waals surface area contributed by atoms with Crippen LogP contribution in [0.5, 0.6) is 5.75 Å². The van der Waals surface area contributed by atoms with Crippen LogP contribution in [0.1, 0.15) is 43.0 Å². The smallest absolute Gasteiger partial charge is 0.238 e. The lowest BCUT2D eigenvalue weighted by Crippen LogP contribution is -2.42. The molecule has 3 aromatic rings. The highest BCUT2D eigenvalue weighted by Crippen LogP contribution is 2.30. The largest absolute Gasteiger partial charge is 0.497 e. The van der Waals surface area contributed by atoms with Crippen LogP contribution in [0, 0.1) is 0 Å². The first-order valence-electron chi connectivity index (χ1n) is 12.9. The molecule has 0 unspecified atom stereocenters. The van der Waals surface area contributed by atoms with Crippen LogP contribution in [0.25, 0.3) is 11.0 Å². The first-order chi connectivity index (χ1) is 18.2. The number of sulfonamides is 1. The van der Waals surface area contributed by atoms with Gasteiger partial charge in [0.2, 0.25) is 15.9 Å². The molecule has 11 heteroatoms. The van der Waals surface area contributed by atoms with Gasteiger partial charge in [0.05, 0.1) is 23.0 Å². The molecular weight excluding hydrogens is 506 g/mol. The lowest BCUT2D eigenvalue weighted by molar-refractivity contribution is -0.132. The summed E-state index contributed by atoms with van der Waals surface area (Å²) >= 11 is 0. The maximum Gasteiger partial charge on any atom is 0.238 e. The molecule has 0 saturated carbocycles. The van der Waals surface area contributed by atoms with Crippen molar-refractivity contribution in [2.24, 2.45) is 10.9 Å². The van der Waals surface area contributed by atoms with Gasteiger partial charge in [-0.2, -0.15) is 0 Å². The van der Waals surface area contributed by atoms with Crippen LogP contribution in [0.2, 0.25) is 0 Å². The number of imidazole rings is 1.